The second kappa shape index (κ2) is 15.8. The molecule has 23 heteroatoms. The van der Waals surface area contributed by atoms with Gasteiger partial charge in [-0.3, -0.25) is 19.9 Å². The van der Waals surface area contributed by atoms with Crippen molar-refractivity contribution >= 4 is 38.8 Å². The van der Waals surface area contributed by atoms with Crippen LogP contribution in [0.5, 0.6) is 0 Å². The van der Waals surface area contributed by atoms with E-state index in [1.807, 2.05) is 72.8 Å². The van der Waals surface area contributed by atoms with Gasteiger partial charge in [-0.15, -0.1) is 0 Å². The van der Waals surface area contributed by atoms with Crippen molar-refractivity contribution in [2.24, 2.45) is 0 Å². The Kier molecular flexibility index (Phi) is 13.4. The van der Waals surface area contributed by atoms with E-state index in [0.717, 1.165) is 45.6 Å². The quantitative estimate of drug-likeness (QED) is 0.130. The van der Waals surface area contributed by atoms with Gasteiger partial charge >= 0.3 is 82.8 Å². The molecule has 6 nitrogen and oxygen atoms in total. The molecule has 0 aliphatic carbocycles. The first-order chi connectivity index (χ1) is 23.6. The van der Waals surface area contributed by atoms with E-state index in [2.05, 4.69) is 29.9 Å². The molecule has 0 aromatic carbocycles. The van der Waals surface area contributed by atoms with Crippen LogP contribution in [-0.2, 0) is 16.8 Å². The number of aromatic nitrogens is 6. The second-order valence-electron chi connectivity index (χ2n) is 9.89. The van der Waals surface area contributed by atoms with Crippen LogP contribution in [0, 0.1) is 0 Å². The van der Waals surface area contributed by atoms with E-state index in [9.17, 15) is 50.4 Å². The van der Waals surface area contributed by atoms with Crippen LogP contribution in [0.1, 0.15) is 0 Å². The van der Waals surface area contributed by atoms with Gasteiger partial charge in [-0.2, -0.15) is 0 Å². The van der Waals surface area contributed by atoms with Gasteiger partial charge in [0.15, 0.2) is 0 Å². The summed E-state index contributed by atoms with van der Waals surface area (Å²) >= 11 is 12.3. The van der Waals surface area contributed by atoms with Crippen molar-refractivity contribution in [2.45, 2.75) is 0 Å². The molecule has 0 aliphatic rings. The maximum atomic E-state index is 9.87. The maximum Gasteiger partial charge on any atom is 2.00 e. The zero-order chi connectivity index (χ0) is 39.0. The SMILES string of the molecule is Clc1cc(-c2ccccn2)nc(-c2ccccn2)c1.Clc1cc(-c2ccccn2)nc(-c2ccccn2)c1.F[P-](F)(F)(F)(F)F.F[P-](F)(F)(F)(F)F.[Co+2]. The predicted octanol–water partition coefficient (Wildman–Crippen LogP) is 14.5. The van der Waals surface area contributed by atoms with Gasteiger partial charge < -0.3 is 0 Å². The molecule has 6 rings (SSSR count). The van der Waals surface area contributed by atoms with Crippen LogP contribution >= 0.6 is 38.8 Å². The summed E-state index contributed by atoms with van der Waals surface area (Å²) < 4.78 is 118. The van der Waals surface area contributed by atoms with Crippen LogP contribution in [-0.4, -0.2) is 29.9 Å². The van der Waals surface area contributed by atoms with E-state index in [1.54, 1.807) is 49.1 Å². The molecule has 1 radical (unpaired) electrons. The predicted molar refractivity (Wildman–Crippen MR) is 179 cm³/mol. The van der Waals surface area contributed by atoms with Crippen LogP contribution < -0.4 is 0 Å². The van der Waals surface area contributed by atoms with Crippen LogP contribution in [0.2, 0.25) is 10.0 Å². The molecular weight excluding hydrogens is 864 g/mol. The molecule has 0 aliphatic heterocycles. The Balaban J connectivity index is 0.000000269. The summed E-state index contributed by atoms with van der Waals surface area (Å²) in [4.78, 5) is 26.3. The van der Waals surface area contributed by atoms with Gasteiger partial charge in [0.1, 0.15) is 0 Å². The number of pyridine rings is 6. The molecule has 0 saturated heterocycles. The topological polar surface area (TPSA) is 77.3 Å². The molecule has 0 atom stereocenters. The summed E-state index contributed by atoms with van der Waals surface area (Å²) in [7, 11) is -21.3. The van der Waals surface area contributed by atoms with Crippen molar-refractivity contribution in [1.82, 2.24) is 29.9 Å². The van der Waals surface area contributed by atoms with E-state index in [1.165, 1.54) is 0 Å². The fourth-order valence-electron chi connectivity index (χ4n) is 3.58. The molecule has 0 N–H and O–H groups in total. The fourth-order valence-corrected chi connectivity index (χ4v) is 3.99. The van der Waals surface area contributed by atoms with Crippen LogP contribution in [0.3, 0.4) is 0 Å². The maximum absolute atomic E-state index is 10.7. The van der Waals surface area contributed by atoms with E-state index >= 15 is 0 Å². The van der Waals surface area contributed by atoms with Gasteiger partial charge in [-0.1, -0.05) is 47.5 Å². The summed E-state index contributed by atoms with van der Waals surface area (Å²) in [6, 6.07) is 30.0. The van der Waals surface area contributed by atoms with Gasteiger partial charge in [0.05, 0.1) is 45.6 Å². The number of hydrogen-bond acceptors (Lipinski definition) is 6. The Morgan fingerprint density at radius 1 is 0.340 bits per heavy atom. The third-order valence-electron chi connectivity index (χ3n) is 5.29. The summed E-state index contributed by atoms with van der Waals surface area (Å²) in [6.07, 6.45) is 6.94. The average Bonchev–Trinajstić information content (AvgIpc) is 3.03. The van der Waals surface area contributed by atoms with Gasteiger partial charge in [0.25, 0.3) is 0 Å². The normalized spacial score (nSPS) is 13.5. The van der Waals surface area contributed by atoms with E-state index in [-0.39, 0.29) is 16.8 Å². The van der Waals surface area contributed by atoms with Crippen LogP contribution in [0.15, 0.2) is 122 Å². The summed E-state index contributed by atoms with van der Waals surface area (Å²) in [5, 5.41) is 1.24. The molecule has 0 bridgehead atoms. The van der Waals surface area contributed by atoms with E-state index in [0.29, 0.717) is 10.0 Å². The minimum atomic E-state index is -10.7. The molecule has 6 aromatic heterocycles. The summed E-state index contributed by atoms with van der Waals surface area (Å²) in [5.74, 6) is 0. The Labute approximate surface area is 312 Å². The van der Waals surface area contributed by atoms with Crippen LogP contribution in [0.25, 0.3) is 45.6 Å². The molecule has 0 amide bonds. The minimum Gasteiger partial charge on any atom is 2.00 e. The van der Waals surface area contributed by atoms with E-state index in [4.69, 9.17) is 23.2 Å². The molecule has 0 unspecified atom stereocenters. The Morgan fingerprint density at radius 3 is 0.679 bits per heavy atom. The molecule has 0 fully saturated rings. The number of hydrogen-bond donors (Lipinski definition) is 0. The van der Waals surface area contributed by atoms with Gasteiger partial charge in [0.2, 0.25) is 0 Å². The first-order valence-corrected chi connectivity index (χ1v) is 18.5. The van der Waals surface area contributed by atoms with Crippen molar-refractivity contribution in [3.05, 3.63) is 132 Å². The Bertz CT molecular complexity index is 1800. The fraction of sp³-hybridized carbons (Fsp3) is 0. The zero-order valence-corrected chi connectivity index (χ0v) is 30.1. The molecule has 0 saturated carbocycles. The Hall–Kier alpha value is -3.99. The first-order valence-electron chi connectivity index (χ1n) is 13.7. The van der Waals surface area contributed by atoms with Crippen molar-refractivity contribution in [1.29, 1.82) is 0 Å². The zero-order valence-electron chi connectivity index (χ0n) is 25.7. The third kappa shape index (κ3) is 22.0. The van der Waals surface area contributed by atoms with Crippen LogP contribution in [0.4, 0.5) is 50.4 Å². The molecular formula is C30H20Cl2CoF12N6P2. The van der Waals surface area contributed by atoms with E-state index < -0.39 is 15.6 Å². The van der Waals surface area contributed by atoms with Gasteiger partial charge in [-0.25, -0.2) is 9.97 Å². The van der Waals surface area contributed by atoms with Crippen molar-refractivity contribution in [3.63, 3.8) is 0 Å². The van der Waals surface area contributed by atoms with Crippen molar-refractivity contribution < 1.29 is 67.1 Å². The van der Waals surface area contributed by atoms with Crippen molar-refractivity contribution in [3.8, 4) is 45.6 Å². The molecule has 6 aromatic rings. The average molecular weight is 884 g/mol. The second-order valence-corrected chi connectivity index (χ2v) is 14.6. The smallest absolute Gasteiger partial charge is 2.00 e. The standard InChI is InChI=1S/2C15H10ClN3.Co.2F6P/c2*16-11-9-14(12-5-1-3-7-17-12)19-15(10-11)13-6-2-4-8-18-13;;2*1-7(2,3,4,5)6/h2*1-10H;;;/q;;+2;2*-1. The largest absolute Gasteiger partial charge is 2.00 e. The molecule has 53 heavy (non-hydrogen) atoms. The summed E-state index contributed by atoms with van der Waals surface area (Å²) in [6.45, 7) is 0. The molecule has 0 spiro atoms. The minimum absolute atomic E-state index is 0. The Morgan fingerprint density at radius 2 is 0.528 bits per heavy atom. The van der Waals surface area contributed by atoms with Gasteiger partial charge in [-0.05, 0) is 72.8 Å². The van der Waals surface area contributed by atoms with Gasteiger partial charge in [0, 0.05) is 34.8 Å². The third-order valence-corrected chi connectivity index (χ3v) is 5.73. The monoisotopic (exact) mass is 883 g/mol. The number of rotatable bonds is 4. The van der Waals surface area contributed by atoms with Crippen molar-refractivity contribution in [2.75, 3.05) is 0 Å². The number of halogens is 14. The first kappa shape index (κ1) is 45.2. The molecule has 6 heterocycles. The summed E-state index contributed by atoms with van der Waals surface area (Å²) in [5.41, 5.74) is 6.15. The molecule has 287 valence electrons. The number of nitrogens with zero attached hydrogens (tertiary/aromatic N) is 6.